The molecule has 0 aliphatic rings. The smallest absolute Gasteiger partial charge is 0.286 e. The van der Waals surface area contributed by atoms with Gasteiger partial charge in [0.05, 0.1) is 0 Å². The largest absolute Gasteiger partial charge is 0.287 e. The number of nitroso groups, excluding NO2 is 1. The van der Waals surface area contributed by atoms with Crippen LogP contribution in [0.3, 0.4) is 0 Å². The molecule has 0 aromatic carbocycles. The summed E-state index contributed by atoms with van der Waals surface area (Å²) in [7, 11) is 0. The second-order valence-corrected chi connectivity index (χ2v) is 1.38. The van der Waals surface area contributed by atoms with Gasteiger partial charge in [0.2, 0.25) is 0 Å². The molecule has 0 fully saturated rings. The van der Waals surface area contributed by atoms with Crippen molar-refractivity contribution in [3.8, 4) is 0 Å². The van der Waals surface area contributed by atoms with E-state index in [0.717, 1.165) is 0 Å². The molecule has 6 heteroatoms. The third kappa shape index (κ3) is 3.42. The zero-order valence-corrected chi connectivity index (χ0v) is 5.46. The van der Waals surface area contributed by atoms with Crippen molar-refractivity contribution in [2.45, 2.75) is 6.92 Å². The third-order valence-electron chi connectivity index (χ3n) is 0.539. The molecule has 54 valence electrons. The molecule has 0 aliphatic heterocycles. The van der Waals surface area contributed by atoms with E-state index in [1.165, 1.54) is 6.92 Å². The molecule has 0 aliphatic carbocycles. The summed E-state index contributed by atoms with van der Waals surface area (Å²) in [6.45, 7) is 4.46. The van der Waals surface area contributed by atoms with Crippen LogP contribution in [-0.4, -0.2) is 18.5 Å². The highest BCUT2D eigenvalue weighted by molar-refractivity contribution is 5.93. The van der Waals surface area contributed by atoms with Gasteiger partial charge in [-0.2, -0.15) is 10.1 Å². The maximum atomic E-state index is 9.80. The van der Waals surface area contributed by atoms with E-state index in [1.807, 2.05) is 0 Å². The van der Waals surface area contributed by atoms with Crippen molar-refractivity contribution in [2.24, 2.45) is 15.3 Å². The molecule has 2 N–H and O–H groups in total. The Morgan fingerprint density at radius 1 is 1.70 bits per heavy atom. The van der Waals surface area contributed by atoms with Gasteiger partial charge in [0, 0.05) is 11.9 Å². The summed E-state index contributed by atoms with van der Waals surface area (Å²) in [6, 6.07) is 0. The summed E-state index contributed by atoms with van der Waals surface area (Å²) in [4.78, 5) is 13.2. The highest BCUT2D eigenvalue weighted by Gasteiger charge is 1.93. The standard InChI is InChI=1S/C4H7N5O/c1-3(5)7-4(9-10)8-6-2/h2H2,1H3,(H2,5,7,8). The Balaban J connectivity index is 4.16. The summed E-state index contributed by atoms with van der Waals surface area (Å²) in [5, 5.41) is 12.4. The minimum Gasteiger partial charge on any atom is -0.287 e. The summed E-state index contributed by atoms with van der Waals surface area (Å²) >= 11 is 0. The van der Waals surface area contributed by atoms with E-state index in [2.05, 4.69) is 27.4 Å². The van der Waals surface area contributed by atoms with Crippen LogP contribution in [0.25, 0.3) is 0 Å². The van der Waals surface area contributed by atoms with Crippen LogP contribution in [0, 0.1) is 10.3 Å². The number of amidine groups is 1. The molecule has 10 heavy (non-hydrogen) atoms. The van der Waals surface area contributed by atoms with Crippen LogP contribution in [0.2, 0.25) is 0 Å². The molecule has 0 saturated heterocycles. The third-order valence-corrected chi connectivity index (χ3v) is 0.539. The van der Waals surface area contributed by atoms with Gasteiger partial charge in [0.25, 0.3) is 5.96 Å². The lowest BCUT2D eigenvalue weighted by Crippen LogP contribution is -2.14. The first-order chi connectivity index (χ1) is 4.70. The Morgan fingerprint density at radius 3 is 2.60 bits per heavy atom. The molecule has 0 bridgehead atoms. The molecule has 0 rings (SSSR count). The molecule has 0 radical (unpaired) electrons. The highest BCUT2D eigenvalue weighted by Crippen LogP contribution is 1.78. The Hall–Kier alpha value is -1.59. The van der Waals surface area contributed by atoms with E-state index < -0.39 is 0 Å². The van der Waals surface area contributed by atoms with Crippen LogP contribution in [-0.2, 0) is 0 Å². The predicted molar refractivity (Wildman–Crippen MR) is 39.3 cm³/mol. The summed E-state index contributed by atoms with van der Waals surface area (Å²) in [5.74, 6) is -0.284. The maximum Gasteiger partial charge on any atom is 0.286 e. The maximum absolute atomic E-state index is 9.80. The van der Waals surface area contributed by atoms with Crippen molar-refractivity contribution in [3.05, 3.63) is 4.91 Å². The van der Waals surface area contributed by atoms with E-state index in [4.69, 9.17) is 5.41 Å². The molecule has 0 aromatic heterocycles. The van der Waals surface area contributed by atoms with Crippen LogP contribution < -0.4 is 5.43 Å². The average Bonchev–Trinajstić information content (AvgIpc) is 1.86. The second-order valence-electron chi connectivity index (χ2n) is 1.38. The van der Waals surface area contributed by atoms with Crippen LogP contribution in [0.1, 0.15) is 6.92 Å². The van der Waals surface area contributed by atoms with Crippen LogP contribution in [0.15, 0.2) is 15.3 Å². The molecule has 6 nitrogen and oxygen atoms in total. The average molecular weight is 141 g/mol. The molecular formula is C4H7N5O. The van der Waals surface area contributed by atoms with Gasteiger partial charge in [-0.25, -0.2) is 5.43 Å². The summed E-state index contributed by atoms with van der Waals surface area (Å²) in [5.41, 5.74) is 2.11. The number of hydrogen-bond donors (Lipinski definition) is 2. The number of hydrazone groups is 1. The molecule has 0 aromatic rings. The number of guanidine groups is 1. The SMILES string of the molecule is C=NN/C(N=O)=N\C(C)=N. The number of nitrogens with zero attached hydrogens (tertiary/aromatic N) is 3. The van der Waals surface area contributed by atoms with Crippen LogP contribution >= 0.6 is 0 Å². The lowest BCUT2D eigenvalue weighted by atomic mass is 10.7. The van der Waals surface area contributed by atoms with Crippen LogP contribution in [0.5, 0.6) is 0 Å². The minimum atomic E-state index is -0.262. The Labute approximate surface area is 57.5 Å². The monoisotopic (exact) mass is 141 g/mol. The number of rotatable bonds is 1. The van der Waals surface area contributed by atoms with Gasteiger partial charge in [-0.15, -0.1) is 4.91 Å². The van der Waals surface area contributed by atoms with Crippen molar-refractivity contribution in [1.82, 2.24) is 5.43 Å². The van der Waals surface area contributed by atoms with E-state index in [0.29, 0.717) is 0 Å². The van der Waals surface area contributed by atoms with Crippen molar-refractivity contribution >= 4 is 18.5 Å². The minimum absolute atomic E-state index is 0.0225. The lowest BCUT2D eigenvalue weighted by Gasteiger charge is -1.91. The Kier molecular flexibility index (Phi) is 3.62. The van der Waals surface area contributed by atoms with Crippen molar-refractivity contribution < 1.29 is 0 Å². The number of aliphatic imine (C=N–C) groups is 1. The fourth-order valence-electron chi connectivity index (χ4n) is 0.295. The second kappa shape index (κ2) is 4.30. The van der Waals surface area contributed by atoms with Crippen molar-refractivity contribution in [1.29, 1.82) is 5.41 Å². The molecular weight excluding hydrogens is 134 g/mol. The van der Waals surface area contributed by atoms with Gasteiger partial charge in [-0.05, 0) is 6.92 Å². The fourth-order valence-corrected chi connectivity index (χ4v) is 0.295. The normalized spacial score (nSPS) is 10.3. The van der Waals surface area contributed by atoms with Crippen molar-refractivity contribution in [3.63, 3.8) is 0 Å². The van der Waals surface area contributed by atoms with Gasteiger partial charge in [0.1, 0.15) is 5.84 Å². The molecule has 0 spiro atoms. The first-order valence-electron chi connectivity index (χ1n) is 2.39. The molecule has 0 amide bonds. The van der Waals surface area contributed by atoms with Crippen molar-refractivity contribution in [2.75, 3.05) is 0 Å². The zero-order chi connectivity index (χ0) is 7.98. The quantitative estimate of drug-likeness (QED) is 0.238. The first kappa shape index (κ1) is 8.41. The van der Waals surface area contributed by atoms with Gasteiger partial charge in [-0.1, -0.05) is 0 Å². The zero-order valence-electron chi connectivity index (χ0n) is 5.46. The summed E-state index contributed by atoms with van der Waals surface area (Å²) < 4.78 is 0. The fraction of sp³-hybridized carbons (Fsp3) is 0.250. The number of nitrogens with one attached hydrogen (secondary N) is 2. The van der Waals surface area contributed by atoms with Gasteiger partial charge in [0.15, 0.2) is 0 Å². The van der Waals surface area contributed by atoms with E-state index in [-0.39, 0.29) is 11.8 Å². The first-order valence-corrected chi connectivity index (χ1v) is 2.39. The molecule has 0 saturated carbocycles. The van der Waals surface area contributed by atoms with Crippen LogP contribution in [0.4, 0.5) is 0 Å². The summed E-state index contributed by atoms with van der Waals surface area (Å²) in [6.07, 6.45) is 0. The van der Waals surface area contributed by atoms with E-state index in [9.17, 15) is 4.91 Å². The van der Waals surface area contributed by atoms with Gasteiger partial charge in [-0.3, -0.25) is 5.41 Å². The van der Waals surface area contributed by atoms with E-state index >= 15 is 0 Å². The Morgan fingerprint density at radius 2 is 2.30 bits per heavy atom. The topological polar surface area (TPSA) is 90.0 Å². The van der Waals surface area contributed by atoms with Gasteiger partial charge >= 0.3 is 0 Å². The molecule has 0 heterocycles. The highest BCUT2D eigenvalue weighted by atomic mass is 16.3. The lowest BCUT2D eigenvalue weighted by molar-refractivity contribution is 1.02. The Bertz CT molecular complexity index is 184. The molecule has 0 unspecified atom stereocenters. The van der Waals surface area contributed by atoms with Gasteiger partial charge < -0.3 is 0 Å². The number of hydrogen-bond acceptors (Lipinski definition) is 3. The van der Waals surface area contributed by atoms with E-state index in [1.54, 1.807) is 0 Å². The predicted octanol–water partition coefficient (Wildman–Crippen LogP) is 0.311. The molecule has 0 atom stereocenters.